The van der Waals surface area contributed by atoms with Gasteiger partial charge in [0.25, 0.3) is 0 Å². The molecule has 8 heteroatoms. The number of carbonyl (C=O) groups is 1. The van der Waals surface area contributed by atoms with Gasteiger partial charge in [0.2, 0.25) is 0 Å². The Kier molecular flexibility index (Phi) is 5.46. The van der Waals surface area contributed by atoms with Crippen molar-refractivity contribution < 1.29 is 9.53 Å². The highest BCUT2D eigenvalue weighted by Crippen LogP contribution is 2.26. The molecule has 2 aliphatic heterocycles. The summed E-state index contributed by atoms with van der Waals surface area (Å²) in [6.45, 7) is 5.53. The van der Waals surface area contributed by atoms with Crippen LogP contribution < -0.4 is 4.90 Å². The summed E-state index contributed by atoms with van der Waals surface area (Å²) in [7, 11) is 0. The van der Waals surface area contributed by atoms with Gasteiger partial charge >= 0.3 is 6.03 Å². The predicted octanol–water partition coefficient (Wildman–Crippen LogP) is 2.35. The van der Waals surface area contributed by atoms with Crippen molar-refractivity contribution in [1.29, 1.82) is 0 Å². The molecule has 3 heterocycles. The van der Waals surface area contributed by atoms with Crippen molar-refractivity contribution in [3.63, 3.8) is 0 Å². The summed E-state index contributed by atoms with van der Waals surface area (Å²) >= 11 is 12.2. The van der Waals surface area contributed by atoms with Crippen LogP contribution in [0.25, 0.3) is 0 Å². The van der Waals surface area contributed by atoms with Crippen LogP contribution in [0.3, 0.4) is 0 Å². The number of urea groups is 1. The highest BCUT2D eigenvalue weighted by molar-refractivity contribution is 6.36. The van der Waals surface area contributed by atoms with Gasteiger partial charge in [-0.3, -0.25) is 0 Å². The van der Waals surface area contributed by atoms with Crippen molar-refractivity contribution in [2.75, 3.05) is 57.4 Å². The van der Waals surface area contributed by atoms with Gasteiger partial charge in [0, 0.05) is 45.5 Å². The number of rotatable bonds is 1. The van der Waals surface area contributed by atoms with Crippen LogP contribution >= 0.6 is 23.2 Å². The lowest BCUT2D eigenvalue weighted by Gasteiger charge is -2.32. The summed E-state index contributed by atoms with van der Waals surface area (Å²) in [5.41, 5.74) is 0. The van der Waals surface area contributed by atoms with Crippen LogP contribution in [0.4, 0.5) is 10.6 Å². The van der Waals surface area contributed by atoms with Crippen molar-refractivity contribution in [2.24, 2.45) is 0 Å². The van der Waals surface area contributed by atoms with Crippen molar-refractivity contribution >= 4 is 35.1 Å². The number of ether oxygens (including phenoxy) is 1. The van der Waals surface area contributed by atoms with E-state index >= 15 is 0 Å². The predicted molar refractivity (Wildman–Crippen MR) is 90.4 cm³/mol. The minimum absolute atomic E-state index is 0.102. The normalized spacial score (nSPS) is 19.7. The molecule has 2 aliphatic rings. The summed E-state index contributed by atoms with van der Waals surface area (Å²) in [5, 5.41) is 1.07. The maximum Gasteiger partial charge on any atom is 0.320 e. The Morgan fingerprint density at radius 1 is 1.04 bits per heavy atom. The molecular weight excluding hydrogens is 339 g/mol. The van der Waals surface area contributed by atoms with Gasteiger partial charge in [-0.05, 0) is 12.5 Å². The zero-order valence-electron chi connectivity index (χ0n) is 12.9. The number of morpholine rings is 1. The van der Waals surface area contributed by atoms with Gasteiger partial charge < -0.3 is 19.4 Å². The third-order valence-corrected chi connectivity index (χ3v) is 4.62. The van der Waals surface area contributed by atoms with E-state index < -0.39 is 0 Å². The Morgan fingerprint density at radius 2 is 1.78 bits per heavy atom. The average molecular weight is 359 g/mol. The van der Waals surface area contributed by atoms with Gasteiger partial charge in [-0.2, -0.15) is 0 Å². The molecule has 0 N–H and O–H groups in total. The summed E-state index contributed by atoms with van der Waals surface area (Å²) in [5.74, 6) is 0.733. The lowest BCUT2D eigenvalue weighted by molar-refractivity contribution is 0.0438. The number of hydrogen-bond acceptors (Lipinski definition) is 4. The zero-order valence-corrected chi connectivity index (χ0v) is 14.4. The molecule has 3 rings (SSSR count). The summed E-state index contributed by atoms with van der Waals surface area (Å²) in [6, 6.07) is 1.80. The van der Waals surface area contributed by atoms with Crippen molar-refractivity contribution in [1.82, 2.24) is 14.8 Å². The van der Waals surface area contributed by atoms with Crippen LogP contribution in [-0.2, 0) is 4.74 Å². The van der Waals surface area contributed by atoms with E-state index in [1.54, 1.807) is 12.3 Å². The van der Waals surface area contributed by atoms with Gasteiger partial charge in [-0.15, -0.1) is 0 Å². The van der Waals surface area contributed by atoms with E-state index in [1.807, 2.05) is 9.80 Å². The molecule has 6 nitrogen and oxygen atoms in total. The molecular formula is C15H20Cl2N4O2. The minimum Gasteiger partial charge on any atom is -0.378 e. The Bertz CT molecular complexity index is 566. The molecule has 23 heavy (non-hydrogen) atoms. The van der Waals surface area contributed by atoms with Crippen molar-refractivity contribution in [3.8, 4) is 0 Å². The SMILES string of the molecule is O=C(N1CCOCC1)N1CCCN(c2ncc(Cl)cc2Cl)CC1. The van der Waals surface area contributed by atoms with E-state index in [4.69, 9.17) is 27.9 Å². The van der Waals surface area contributed by atoms with Crippen molar-refractivity contribution in [2.45, 2.75) is 6.42 Å². The number of anilines is 1. The van der Waals surface area contributed by atoms with Crippen LogP contribution in [0.1, 0.15) is 6.42 Å². The van der Waals surface area contributed by atoms with E-state index in [-0.39, 0.29) is 6.03 Å². The number of nitrogens with zero attached hydrogens (tertiary/aromatic N) is 4. The first-order valence-electron chi connectivity index (χ1n) is 7.83. The van der Waals surface area contributed by atoms with Gasteiger partial charge in [-0.25, -0.2) is 9.78 Å². The first-order valence-corrected chi connectivity index (χ1v) is 8.58. The molecule has 2 amide bonds. The Balaban J connectivity index is 1.63. The number of pyridine rings is 1. The second-order valence-corrected chi connectivity index (χ2v) is 6.51. The number of hydrogen-bond donors (Lipinski definition) is 0. The second kappa shape index (κ2) is 7.55. The second-order valence-electron chi connectivity index (χ2n) is 5.67. The Labute approximate surface area is 145 Å². The summed E-state index contributed by atoms with van der Waals surface area (Å²) < 4.78 is 5.31. The molecule has 0 aromatic carbocycles. The monoisotopic (exact) mass is 358 g/mol. The summed E-state index contributed by atoms with van der Waals surface area (Å²) in [6.07, 6.45) is 2.49. The minimum atomic E-state index is 0.102. The molecule has 2 saturated heterocycles. The lowest BCUT2D eigenvalue weighted by atomic mass is 10.3. The molecule has 126 valence electrons. The molecule has 0 radical (unpaired) electrons. The highest BCUT2D eigenvalue weighted by Gasteiger charge is 2.25. The molecule has 0 atom stereocenters. The number of amides is 2. The molecule has 1 aromatic rings. The standard InChI is InChI=1S/C15H20Cl2N4O2/c16-12-10-13(17)14(18-11-12)19-2-1-3-20(5-4-19)15(22)21-6-8-23-9-7-21/h10-11H,1-9H2. The third-order valence-electron chi connectivity index (χ3n) is 4.14. The van der Waals surface area contributed by atoms with Crippen LogP contribution in [0, 0.1) is 0 Å². The highest BCUT2D eigenvalue weighted by atomic mass is 35.5. The van der Waals surface area contributed by atoms with E-state index in [0.717, 1.165) is 25.3 Å². The Morgan fingerprint density at radius 3 is 2.52 bits per heavy atom. The van der Waals surface area contributed by atoms with Crippen LogP contribution in [0.2, 0.25) is 10.0 Å². The lowest BCUT2D eigenvalue weighted by Crippen LogP contribution is -2.49. The maximum atomic E-state index is 12.6. The maximum absolute atomic E-state index is 12.6. The zero-order chi connectivity index (χ0) is 16.2. The van der Waals surface area contributed by atoms with Gasteiger partial charge in [0.1, 0.15) is 5.82 Å². The van der Waals surface area contributed by atoms with Gasteiger partial charge in [0.05, 0.1) is 23.3 Å². The molecule has 0 bridgehead atoms. The smallest absolute Gasteiger partial charge is 0.320 e. The number of aromatic nitrogens is 1. The van der Waals surface area contributed by atoms with Gasteiger partial charge in [-0.1, -0.05) is 23.2 Å². The molecule has 1 aromatic heterocycles. The number of halogens is 2. The van der Waals surface area contributed by atoms with Crippen molar-refractivity contribution in [3.05, 3.63) is 22.3 Å². The molecule has 0 aliphatic carbocycles. The van der Waals surface area contributed by atoms with E-state index in [0.29, 0.717) is 49.4 Å². The van der Waals surface area contributed by atoms with E-state index in [2.05, 4.69) is 9.88 Å². The average Bonchev–Trinajstić information content (AvgIpc) is 2.81. The molecule has 2 fully saturated rings. The largest absolute Gasteiger partial charge is 0.378 e. The topological polar surface area (TPSA) is 48.9 Å². The first kappa shape index (κ1) is 16.6. The van der Waals surface area contributed by atoms with E-state index in [9.17, 15) is 4.79 Å². The van der Waals surface area contributed by atoms with Gasteiger partial charge in [0.15, 0.2) is 0 Å². The van der Waals surface area contributed by atoms with E-state index in [1.165, 1.54) is 0 Å². The third kappa shape index (κ3) is 4.00. The molecule has 0 saturated carbocycles. The fourth-order valence-electron chi connectivity index (χ4n) is 2.92. The van der Waals surface area contributed by atoms with Crippen LogP contribution in [-0.4, -0.2) is 73.3 Å². The molecule has 0 unspecified atom stereocenters. The number of carbonyl (C=O) groups excluding carboxylic acids is 1. The summed E-state index contributed by atoms with van der Waals surface area (Å²) in [4.78, 5) is 22.8. The molecule has 0 spiro atoms. The Hall–Kier alpha value is -1.24. The van der Waals surface area contributed by atoms with Crippen LogP contribution in [0.15, 0.2) is 12.3 Å². The fraction of sp³-hybridized carbons (Fsp3) is 0.600. The fourth-order valence-corrected chi connectivity index (χ4v) is 3.41. The quantitative estimate of drug-likeness (QED) is 0.773. The van der Waals surface area contributed by atoms with Crippen LogP contribution in [0.5, 0.6) is 0 Å². The first-order chi connectivity index (χ1) is 11.1.